The zero-order valence-corrected chi connectivity index (χ0v) is 11.2. The van der Waals surface area contributed by atoms with Crippen molar-refractivity contribution in [3.8, 4) is 0 Å². The maximum atomic E-state index is 11.6. The largest absolute Gasteiger partial charge is 0.479 e. The molecule has 2 rings (SSSR count). The lowest BCUT2D eigenvalue weighted by atomic mass is 9.88. The van der Waals surface area contributed by atoms with Gasteiger partial charge in [0.25, 0.3) is 0 Å². The van der Waals surface area contributed by atoms with Crippen molar-refractivity contribution >= 4 is 5.97 Å². The van der Waals surface area contributed by atoms with E-state index in [0.717, 1.165) is 36.0 Å². The lowest BCUT2D eigenvalue weighted by molar-refractivity contribution is -0.179. The van der Waals surface area contributed by atoms with E-state index in [0.29, 0.717) is 0 Å². The monoisotopic (exact) mass is 248 g/mol. The zero-order valence-electron chi connectivity index (χ0n) is 11.2. The molecule has 0 heterocycles. The number of carboxylic acids is 1. The topological polar surface area (TPSA) is 46.5 Å². The summed E-state index contributed by atoms with van der Waals surface area (Å²) < 4.78 is 5.84. The van der Waals surface area contributed by atoms with Crippen LogP contribution in [0.25, 0.3) is 0 Å². The van der Waals surface area contributed by atoms with E-state index in [2.05, 4.69) is 0 Å². The Bertz CT molecular complexity index is 463. The minimum Gasteiger partial charge on any atom is -0.479 e. The average molecular weight is 248 g/mol. The molecule has 1 aromatic rings. The molecule has 0 spiro atoms. The van der Waals surface area contributed by atoms with Crippen LogP contribution in [0.3, 0.4) is 0 Å². The molecular weight excluding hydrogens is 228 g/mol. The average Bonchev–Trinajstić information content (AvgIpc) is 2.23. The van der Waals surface area contributed by atoms with Crippen LogP contribution in [0.5, 0.6) is 0 Å². The summed E-state index contributed by atoms with van der Waals surface area (Å²) in [4.78, 5) is 11.6. The van der Waals surface area contributed by atoms with Crippen LogP contribution >= 0.6 is 0 Å². The van der Waals surface area contributed by atoms with Gasteiger partial charge >= 0.3 is 5.97 Å². The number of rotatable bonds is 4. The molecule has 18 heavy (non-hydrogen) atoms. The molecular formula is C15H20O3. The Labute approximate surface area is 108 Å². The van der Waals surface area contributed by atoms with Gasteiger partial charge in [-0.2, -0.15) is 0 Å². The van der Waals surface area contributed by atoms with E-state index in [1.54, 1.807) is 6.92 Å². The minimum atomic E-state index is -1.23. The number of carbonyl (C=O) groups is 1. The summed E-state index contributed by atoms with van der Waals surface area (Å²) in [6.45, 7) is 5.60. The van der Waals surface area contributed by atoms with Crippen LogP contribution in [0.1, 0.15) is 42.9 Å². The molecule has 3 heteroatoms. The molecule has 98 valence electrons. The Morgan fingerprint density at radius 2 is 2.06 bits per heavy atom. The Balaban J connectivity index is 2.35. The van der Waals surface area contributed by atoms with Crippen LogP contribution in [0.2, 0.25) is 0 Å². The molecule has 0 bridgehead atoms. The summed E-state index contributed by atoms with van der Waals surface area (Å²) >= 11 is 0. The highest BCUT2D eigenvalue weighted by Gasteiger charge is 2.41. The Morgan fingerprint density at radius 3 is 2.50 bits per heavy atom. The highest BCUT2D eigenvalue weighted by molar-refractivity contribution is 5.79. The molecule has 0 aliphatic heterocycles. The first-order valence-electron chi connectivity index (χ1n) is 6.42. The molecule has 0 radical (unpaired) electrons. The van der Waals surface area contributed by atoms with Gasteiger partial charge < -0.3 is 9.84 Å². The first-order valence-corrected chi connectivity index (χ1v) is 6.42. The van der Waals surface area contributed by atoms with Crippen LogP contribution in [0.15, 0.2) is 18.2 Å². The highest BCUT2D eigenvalue weighted by atomic mass is 16.5. The second-order valence-corrected chi connectivity index (χ2v) is 5.33. The van der Waals surface area contributed by atoms with Crippen LogP contribution in [0.4, 0.5) is 0 Å². The van der Waals surface area contributed by atoms with Crippen molar-refractivity contribution in [2.75, 3.05) is 0 Å². The van der Waals surface area contributed by atoms with Crippen LogP contribution < -0.4 is 0 Å². The van der Waals surface area contributed by atoms with E-state index in [1.807, 2.05) is 32.0 Å². The fourth-order valence-corrected chi connectivity index (χ4v) is 2.40. The van der Waals surface area contributed by atoms with Gasteiger partial charge in [0.05, 0.1) is 6.10 Å². The standard InChI is InChI=1S/C15H20O3/c1-10-7-8-13(11(2)9-10)15(3,14(16)17)18-12-5-4-6-12/h7-9,12H,4-6H2,1-3H3,(H,16,17). The third-order valence-corrected chi connectivity index (χ3v) is 3.76. The highest BCUT2D eigenvalue weighted by Crippen LogP contribution is 2.35. The summed E-state index contributed by atoms with van der Waals surface area (Å²) in [7, 11) is 0. The van der Waals surface area contributed by atoms with E-state index < -0.39 is 11.6 Å². The van der Waals surface area contributed by atoms with Gasteiger partial charge in [0, 0.05) is 0 Å². The first kappa shape index (κ1) is 13.1. The molecule has 0 saturated heterocycles. The molecule has 1 aliphatic rings. The SMILES string of the molecule is Cc1ccc(C(C)(OC2CCC2)C(=O)O)c(C)c1. The second-order valence-electron chi connectivity index (χ2n) is 5.33. The summed E-state index contributed by atoms with van der Waals surface area (Å²) in [6.07, 6.45) is 3.15. The van der Waals surface area contributed by atoms with Crippen molar-refractivity contribution in [2.24, 2.45) is 0 Å². The maximum Gasteiger partial charge on any atom is 0.340 e. The minimum absolute atomic E-state index is 0.0896. The Morgan fingerprint density at radius 1 is 1.39 bits per heavy atom. The lowest BCUT2D eigenvalue weighted by Gasteiger charge is -2.36. The number of hydrogen-bond acceptors (Lipinski definition) is 2. The van der Waals surface area contributed by atoms with Crippen molar-refractivity contribution in [3.05, 3.63) is 34.9 Å². The molecule has 3 nitrogen and oxygen atoms in total. The van der Waals surface area contributed by atoms with Crippen molar-refractivity contribution in [3.63, 3.8) is 0 Å². The van der Waals surface area contributed by atoms with Crippen LogP contribution in [-0.4, -0.2) is 17.2 Å². The first-order chi connectivity index (χ1) is 8.43. The molecule has 1 saturated carbocycles. The number of benzene rings is 1. The summed E-state index contributed by atoms with van der Waals surface area (Å²) in [5, 5.41) is 9.52. The van der Waals surface area contributed by atoms with E-state index in [9.17, 15) is 9.90 Å². The third-order valence-electron chi connectivity index (χ3n) is 3.76. The van der Waals surface area contributed by atoms with Gasteiger partial charge in [-0.1, -0.05) is 23.8 Å². The summed E-state index contributed by atoms with van der Waals surface area (Å²) in [5.74, 6) is -0.915. The smallest absolute Gasteiger partial charge is 0.340 e. The van der Waals surface area contributed by atoms with E-state index in [1.165, 1.54) is 0 Å². The molecule has 0 amide bonds. The molecule has 1 aliphatic carbocycles. The van der Waals surface area contributed by atoms with Crippen molar-refractivity contribution in [2.45, 2.75) is 51.7 Å². The summed E-state index contributed by atoms with van der Waals surface area (Å²) in [6, 6.07) is 5.81. The van der Waals surface area contributed by atoms with Gasteiger partial charge in [-0.25, -0.2) is 4.79 Å². The number of aliphatic carboxylic acids is 1. The van der Waals surface area contributed by atoms with Gasteiger partial charge in [-0.15, -0.1) is 0 Å². The van der Waals surface area contributed by atoms with Crippen molar-refractivity contribution in [1.29, 1.82) is 0 Å². The predicted molar refractivity (Wildman–Crippen MR) is 69.6 cm³/mol. The number of hydrogen-bond donors (Lipinski definition) is 1. The molecule has 1 aromatic carbocycles. The van der Waals surface area contributed by atoms with Gasteiger partial charge in [0.15, 0.2) is 5.60 Å². The van der Waals surface area contributed by atoms with E-state index in [4.69, 9.17) is 4.74 Å². The number of ether oxygens (including phenoxy) is 1. The van der Waals surface area contributed by atoms with Crippen LogP contribution in [-0.2, 0) is 15.1 Å². The van der Waals surface area contributed by atoms with Crippen LogP contribution in [0, 0.1) is 13.8 Å². The summed E-state index contributed by atoms with van der Waals surface area (Å²) in [5.41, 5.74) is 1.63. The fourth-order valence-electron chi connectivity index (χ4n) is 2.40. The van der Waals surface area contributed by atoms with Gasteiger partial charge in [0.2, 0.25) is 0 Å². The lowest BCUT2D eigenvalue weighted by Crippen LogP contribution is -2.41. The normalized spacial score (nSPS) is 19.1. The molecule has 0 aromatic heterocycles. The molecule has 1 unspecified atom stereocenters. The quantitative estimate of drug-likeness (QED) is 0.890. The Hall–Kier alpha value is -1.35. The fraction of sp³-hybridized carbons (Fsp3) is 0.533. The molecule has 1 atom stereocenters. The molecule has 1 N–H and O–H groups in total. The van der Waals surface area contributed by atoms with Crippen molar-refractivity contribution in [1.82, 2.24) is 0 Å². The Kier molecular flexibility index (Phi) is 3.44. The molecule has 1 fully saturated rings. The zero-order chi connectivity index (χ0) is 13.3. The van der Waals surface area contributed by atoms with E-state index >= 15 is 0 Å². The number of carboxylic acid groups (broad SMARTS) is 1. The predicted octanol–water partition coefficient (Wildman–Crippen LogP) is 3.17. The second kappa shape index (κ2) is 4.73. The van der Waals surface area contributed by atoms with E-state index in [-0.39, 0.29) is 6.10 Å². The van der Waals surface area contributed by atoms with Crippen molar-refractivity contribution < 1.29 is 14.6 Å². The maximum absolute atomic E-state index is 11.6. The van der Waals surface area contributed by atoms with Gasteiger partial charge in [-0.05, 0) is 51.2 Å². The van der Waals surface area contributed by atoms with Gasteiger partial charge in [-0.3, -0.25) is 0 Å². The third kappa shape index (κ3) is 2.27. The number of aryl methyl sites for hydroxylation is 2. The van der Waals surface area contributed by atoms with Gasteiger partial charge in [0.1, 0.15) is 0 Å².